The molecule has 2 atom stereocenters. The van der Waals surface area contributed by atoms with E-state index in [9.17, 15) is 4.79 Å². The number of hydrogen-bond donors (Lipinski definition) is 0. The molecule has 21 heavy (non-hydrogen) atoms. The van der Waals surface area contributed by atoms with Gasteiger partial charge in [-0.25, -0.2) is 0 Å². The Kier molecular flexibility index (Phi) is 11.0. The largest absolute Gasteiger partial charge is 0.378 e. The molecule has 0 fully saturated rings. The molecule has 0 spiro atoms. The van der Waals surface area contributed by atoms with Gasteiger partial charge in [-0.15, -0.1) is 0 Å². The summed E-state index contributed by atoms with van der Waals surface area (Å²) in [5, 5.41) is 0. The van der Waals surface area contributed by atoms with E-state index >= 15 is 0 Å². The Balaban J connectivity index is 4.42. The normalized spacial score (nSPS) is 15.0. The van der Waals surface area contributed by atoms with Crippen LogP contribution in [0.2, 0.25) is 0 Å². The van der Waals surface area contributed by atoms with Gasteiger partial charge in [-0.05, 0) is 32.6 Å². The molecule has 0 bridgehead atoms. The molecule has 2 nitrogen and oxygen atoms in total. The van der Waals surface area contributed by atoms with Crippen molar-refractivity contribution in [2.75, 3.05) is 6.61 Å². The highest BCUT2D eigenvalue weighted by molar-refractivity contribution is 5.86. The Morgan fingerprint density at radius 2 is 1.71 bits per heavy atom. The smallest absolute Gasteiger partial charge is 0.141 e. The molecule has 0 aromatic rings. The first-order valence-electron chi connectivity index (χ1n) is 9.04. The van der Waals surface area contributed by atoms with E-state index in [0.717, 1.165) is 32.1 Å². The second-order valence-electron chi connectivity index (χ2n) is 7.07. The number of unbranched alkanes of at least 4 members (excludes halogenated alkanes) is 2. The van der Waals surface area contributed by atoms with Crippen LogP contribution in [0.1, 0.15) is 92.9 Å². The number of ether oxygens (including phenoxy) is 1. The Hall–Kier alpha value is -0.370. The summed E-state index contributed by atoms with van der Waals surface area (Å²) in [4.78, 5) is 12.8. The summed E-state index contributed by atoms with van der Waals surface area (Å²) in [6.45, 7) is 13.5. The summed E-state index contributed by atoms with van der Waals surface area (Å²) in [5.74, 6) is 0.702. The number of carbonyl (C=O) groups excluding carboxylic acids is 1. The topological polar surface area (TPSA) is 26.3 Å². The number of ketones is 1. The third-order valence-electron chi connectivity index (χ3n) is 4.54. The van der Waals surface area contributed by atoms with Crippen molar-refractivity contribution >= 4 is 5.78 Å². The van der Waals surface area contributed by atoms with Crippen molar-refractivity contribution in [3.05, 3.63) is 0 Å². The van der Waals surface area contributed by atoms with Gasteiger partial charge in [0.05, 0.1) is 6.10 Å². The molecule has 2 unspecified atom stereocenters. The molecule has 0 aliphatic carbocycles. The number of Topliss-reactive ketones (excluding diaryl/α,β-unsaturated/α-hetero) is 1. The lowest BCUT2D eigenvalue weighted by molar-refractivity contribution is -0.133. The first kappa shape index (κ1) is 20.6. The second-order valence-corrected chi connectivity index (χ2v) is 7.07. The molecule has 0 saturated carbocycles. The van der Waals surface area contributed by atoms with E-state index in [1.54, 1.807) is 0 Å². The van der Waals surface area contributed by atoms with Gasteiger partial charge in [0.25, 0.3) is 0 Å². The molecule has 0 aliphatic rings. The maximum atomic E-state index is 12.8. The monoisotopic (exact) mass is 298 g/mol. The van der Waals surface area contributed by atoms with Gasteiger partial charge in [0, 0.05) is 17.9 Å². The number of carbonyl (C=O) groups is 1. The lowest BCUT2D eigenvalue weighted by atomic mass is 9.76. The van der Waals surface area contributed by atoms with Crippen molar-refractivity contribution in [1.29, 1.82) is 0 Å². The molecule has 0 radical (unpaired) electrons. The summed E-state index contributed by atoms with van der Waals surface area (Å²) in [6, 6.07) is 0. The molecular formula is C19H38O2. The van der Waals surface area contributed by atoms with E-state index in [2.05, 4.69) is 41.5 Å². The minimum Gasteiger partial charge on any atom is -0.378 e. The fourth-order valence-corrected chi connectivity index (χ4v) is 2.70. The van der Waals surface area contributed by atoms with Crippen LogP contribution in [0.5, 0.6) is 0 Å². The quantitative estimate of drug-likeness (QED) is 0.403. The summed E-state index contributed by atoms with van der Waals surface area (Å²) < 4.78 is 5.76. The molecule has 126 valence electrons. The lowest BCUT2D eigenvalue weighted by Gasteiger charge is -2.29. The van der Waals surface area contributed by atoms with E-state index in [0.29, 0.717) is 18.5 Å². The minimum atomic E-state index is -0.250. The maximum Gasteiger partial charge on any atom is 0.141 e. The van der Waals surface area contributed by atoms with Gasteiger partial charge >= 0.3 is 0 Å². The molecule has 0 aromatic heterocycles. The first-order chi connectivity index (χ1) is 9.88. The maximum absolute atomic E-state index is 12.8. The Labute approximate surface area is 133 Å². The highest BCUT2D eigenvalue weighted by Crippen LogP contribution is 2.30. The Bertz CT molecular complexity index is 271. The molecule has 0 aliphatic heterocycles. The van der Waals surface area contributed by atoms with Crippen molar-refractivity contribution in [3.63, 3.8) is 0 Å². The lowest BCUT2D eigenvalue weighted by Crippen LogP contribution is -2.32. The zero-order valence-corrected chi connectivity index (χ0v) is 15.3. The third kappa shape index (κ3) is 8.60. The van der Waals surface area contributed by atoms with Crippen LogP contribution in [0, 0.1) is 11.3 Å². The standard InChI is InChI=1S/C19H38O2/c1-7-10-11-13-17(12-8-2)18(20)19(5,6)14-15-21-16(4)9-3/h16-17H,7-15H2,1-6H3. The molecule has 2 heteroatoms. The molecule has 0 saturated heterocycles. The Morgan fingerprint density at radius 3 is 2.24 bits per heavy atom. The predicted molar refractivity (Wildman–Crippen MR) is 91.7 cm³/mol. The zero-order valence-electron chi connectivity index (χ0n) is 15.3. The van der Waals surface area contributed by atoms with Crippen LogP contribution in [0.15, 0.2) is 0 Å². The van der Waals surface area contributed by atoms with Gasteiger partial charge in [-0.2, -0.15) is 0 Å². The van der Waals surface area contributed by atoms with Crippen molar-refractivity contribution in [2.24, 2.45) is 11.3 Å². The SMILES string of the molecule is CCCCCC(CCC)C(=O)C(C)(C)CCOC(C)CC. The van der Waals surface area contributed by atoms with Crippen molar-refractivity contribution in [1.82, 2.24) is 0 Å². The second kappa shape index (κ2) is 11.2. The fourth-order valence-electron chi connectivity index (χ4n) is 2.70. The van der Waals surface area contributed by atoms with E-state index < -0.39 is 0 Å². The average Bonchev–Trinajstić information content (AvgIpc) is 2.45. The van der Waals surface area contributed by atoms with Crippen LogP contribution in [0.4, 0.5) is 0 Å². The van der Waals surface area contributed by atoms with Crippen LogP contribution < -0.4 is 0 Å². The Morgan fingerprint density at radius 1 is 1.05 bits per heavy atom. The van der Waals surface area contributed by atoms with E-state index in [4.69, 9.17) is 4.74 Å². The zero-order chi connectivity index (χ0) is 16.3. The van der Waals surface area contributed by atoms with Crippen molar-refractivity contribution < 1.29 is 9.53 Å². The molecular weight excluding hydrogens is 260 g/mol. The third-order valence-corrected chi connectivity index (χ3v) is 4.54. The van der Waals surface area contributed by atoms with E-state index in [1.807, 2.05) is 0 Å². The average molecular weight is 299 g/mol. The molecule has 0 aromatic carbocycles. The van der Waals surface area contributed by atoms with Crippen molar-refractivity contribution in [2.45, 2.75) is 99.0 Å². The predicted octanol–water partition coefficient (Wildman–Crippen LogP) is 5.78. The van der Waals surface area contributed by atoms with Gasteiger partial charge in [-0.3, -0.25) is 4.79 Å². The molecule has 0 rings (SSSR count). The number of rotatable bonds is 13. The van der Waals surface area contributed by atoms with Crippen molar-refractivity contribution in [3.8, 4) is 0 Å². The molecule has 0 N–H and O–H groups in total. The minimum absolute atomic E-state index is 0.250. The van der Waals surface area contributed by atoms with E-state index in [1.165, 1.54) is 19.3 Å². The fraction of sp³-hybridized carbons (Fsp3) is 0.947. The van der Waals surface area contributed by atoms with Gasteiger partial charge in [0.2, 0.25) is 0 Å². The van der Waals surface area contributed by atoms with Gasteiger partial charge < -0.3 is 4.74 Å². The summed E-state index contributed by atoms with van der Waals surface area (Å²) >= 11 is 0. The summed E-state index contributed by atoms with van der Waals surface area (Å²) in [6.07, 6.45) is 9.02. The van der Waals surface area contributed by atoms with Crippen LogP contribution in [-0.2, 0) is 9.53 Å². The molecule has 0 amide bonds. The van der Waals surface area contributed by atoms with Gasteiger partial charge in [0.15, 0.2) is 0 Å². The van der Waals surface area contributed by atoms with Crippen LogP contribution in [0.3, 0.4) is 0 Å². The van der Waals surface area contributed by atoms with Gasteiger partial charge in [-0.1, -0.05) is 60.3 Å². The van der Waals surface area contributed by atoms with Crippen LogP contribution in [0.25, 0.3) is 0 Å². The highest BCUT2D eigenvalue weighted by atomic mass is 16.5. The van der Waals surface area contributed by atoms with Crippen LogP contribution in [-0.4, -0.2) is 18.5 Å². The van der Waals surface area contributed by atoms with E-state index in [-0.39, 0.29) is 11.3 Å². The molecule has 0 heterocycles. The van der Waals surface area contributed by atoms with Gasteiger partial charge in [0.1, 0.15) is 5.78 Å². The summed E-state index contributed by atoms with van der Waals surface area (Å²) in [5.41, 5.74) is -0.250. The number of hydrogen-bond acceptors (Lipinski definition) is 2. The first-order valence-corrected chi connectivity index (χ1v) is 9.04. The highest BCUT2D eigenvalue weighted by Gasteiger charge is 2.32. The summed E-state index contributed by atoms with van der Waals surface area (Å²) in [7, 11) is 0. The van der Waals surface area contributed by atoms with Crippen LogP contribution >= 0.6 is 0 Å².